The molecule has 0 saturated carbocycles. The smallest absolute Gasteiger partial charge is 0.192 e. The molecule has 3 aromatic heterocycles. The second kappa shape index (κ2) is 7.81. The standard InChI is InChI=1S/C22H33N5O3Si/c1-14-8-9-15(2)27(14)21-19-20(23-12-24-21)26(13-25-19)18-10-16(28)17(30-18)11-29-31(6,7)22(3,4)5/h8-9,12-13,16-18,28H,10-11H2,1-7H3/t16-,17+,18+/m0/s1. The molecule has 0 aromatic carbocycles. The Morgan fingerprint density at radius 3 is 2.48 bits per heavy atom. The monoisotopic (exact) mass is 443 g/mol. The lowest BCUT2D eigenvalue weighted by Gasteiger charge is -2.37. The zero-order valence-electron chi connectivity index (χ0n) is 19.5. The minimum atomic E-state index is -1.92. The van der Waals surface area contributed by atoms with Gasteiger partial charge in [-0.25, -0.2) is 15.0 Å². The van der Waals surface area contributed by atoms with E-state index in [9.17, 15) is 5.11 Å². The molecule has 31 heavy (non-hydrogen) atoms. The number of nitrogens with zero attached hydrogens (tertiary/aromatic N) is 5. The van der Waals surface area contributed by atoms with Crippen molar-refractivity contribution in [1.29, 1.82) is 0 Å². The quantitative estimate of drug-likeness (QED) is 0.602. The average Bonchev–Trinajstić information content (AvgIpc) is 3.36. The molecule has 1 saturated heterocycles. The third kappa shape index (κ3) is 3.95. The van der Waals surface area contributed by atoms with E-state index in [2.05, 4.69) is 65.5 Å². The Morgan fingerprint density at radius 2 is 1.84 bits per heavy atom. The third-order valence-corrected chi connectivity index (χ3v) is 11.3. The van der Waals surface area contributed by atoms with Crippen molar-refractivity contribution in [2.24, 2.45) is 0 Å². The van der Waals surface area contributed by atoms with Crippen LogP contribution in [0.5, 0.6) is 0 Å². The lowest BCUT2D eigenvalue weighted by Crippen LogP contribution is -2.43. The van der Waals surface area contributed by atoms with Gasteiger partial charge in [0, 0.05) is 17.8 Å². The van der Waals surface area contributed by atoms with E-state index in [0.717, 1.165) is 17.2 Å². The Morgan fingerprint density at radius 1 is 1.16 bits per heavy atom. The molecule has 0 radical (unpaired) electrons. The van der Waals surface area contributed by atoms with Gasteiger partial charge in [0.1, 0.15) is 18.7 Å². The first-order chi connectivity index (χ1) is 14.5. The zero-order valence-corrected chi connectivity index (χ0v) is 20.5. The number of imidazole rings is 1. The van der Waals surface area contributed by atoms with Crippen LogP contribution in [0.3, 0.4) is 0 Å². The second-order valence-corrected chi connectivity index (χ2v) is 14.8. The first-order valence-electron chi connectivity index (χ1n) is 10.8. The first kappa shape index (κ1) is 22.1. The van der Waals surface area contributed by atoms with Gasteiger partial charge in [0.25, 0.3) is 0 Å². The van der Waals surface area contributed by atoms with Crippen molar-refractivity contribution in [1.82, 2.24) is 24.1 Å². The zero-order chi connectivity index (χ0) is 22.6. The van der Waals surface area contributed by atoms with Gasteiger partial charge in [0.2, 0.25) is 0 Å². The van der Waals surface area contributed by atoms with Gasteiger partial charge in [-0.05, 0) is 44.1 Å². The molecule has 1 aliphatic heterocycles. The summed E-state index contributed by atoms with van der Waals surface area (Å²) in [5.41, 5.74) is 3.58. The summed E-state index contributed by atoms with van der Waals surface area (Å²) < 4.78 is 16.5. The van der Waals surface area contributed by atoms with Crippen molar-refractivity contribution in [2.45, 2.75) is 77.6 Å². The van der Waals surface area contributed by atoms with Gasteiger partial charge in [0.05, 0.1) is 19.0 Å². The molecule has 0 spiro atoms. The van der Waals surface area contributed by atoms with Crippen molar-refractivity contribution in [3.05, 3.63) is 36.2 Å². The SMILES string of the molecule is Cc1ccc(C)n1-c1ncnc2c1ncn2[C@H]1C[C@H](O)[C@@H](CO[Si](C)(C)C(C)(C)C)O1. The van der Waals surface area contributed by atoms with Crippen molar-refractivity contribution < 1.29 is 14.3 Å². The van der Waals surface area contributed by atoms with Crippen LogP contribution in [0.25, 0.3) is 17.0 Å². The third-order valence-electron chi connectivity index (χ3n) is 6.75. The van der Waals surface area contributed by atoms with E-state index in [0.29, 0.717) is 24.2 Å². The summed E-state index contributed by atoms with van der Waals surface area (Å²) in [5.74, 6) is 0.750. The van der Waals surface area contributed by atoms with E-state index in [-0.39, 0.29) is 17.4 Å². The molecule has 168 valence electrons. The predicted molar refractivity (Wildman–Crippen MR) is 122 cm³/mol. The van der Waals surface area contributed by atoms with E-state index in [1.54, 1.807) is 12.7 Å². The Balaban J connectivity index is 1.57. The van der Waals surface area contributed by atoms with Crippen LogP contribution in [0.4, 0.5) is 0 Å². The van der Waals surface area contributed by atoms with Crippen LogP contribution in [0.15, 0.2) is 24.8 Å². The fourth-order valence-electron chi connectivity index (χ4n) is 3.76. The lowest BCUT2D eigenvalue weighted by atomic mass is 10.2. The van der Waals surface area contributed by atoms with Crippen LogP contribution >= 0.6 is 0 Å². The highest BCUT2D eigenvalue weighted by Gasteiger charge is 2.41. The van der Waals surface area contributed by atoms with Crippen LogP contribution in [0.2, 0.25) is 18.1 Å². The van der Waals surface area contributed by atoms with Gasteiger partial charge >= 0.3 is 0 Å². The number of aliphatic hydroxyl groups excluding tert-OH is 1. The number of aliphatic hydroxyl groups is 1. The molecule has 1 fully saturated rings. The highest BCUT2D eigenvalue weighted by atomic mass is 28.4. The van der Waals surface area contributed by atoms with Crippen LogP contribution in [0, 0.1) is 13.8 Å². The largest absolute Gasteiger partial charge is 0.414 e. The molecule has 4 rings (SSSR count). The van der Waals surface area contributed by atoms with E-state index in [4.69, 9.17) is 9.16 Å². The second-order valence-electron chi connectivity index (χ2n) is 9.98. The first-order valence-corrected chi connectivity index (χ1v) is 13.7. The number of hydrogen-bond donors (Lipinski definition) is 1. The fraction of sp³-hybridized carbons (Fsp3) is 0.591. The van der Waals surface area contributed by atoms with Gasteiger partial charge in [-0.3, -0.25) is 4.57 Å². The summed E-state index contributed by atoms with van der Waals surface area (Å²) in [7, 11) is -1.92. The van der Waals surface area contributed by atoms with Gasteiger partial charge in [-0.2, -0.15) is 0 Å². The molecule has 3 atom stereocenters. The van der Waals surface area contributed by atoms with Gasteiger partial charge < -0.3 is 18.8 Å². The van der Waals surface area contributed by atoms with Gasteiger partial charge in [-0.15, -0.1) is 0 Å². The van der Waals surface area contributed by atoms with Crippen molar-refractivity contribution in [3.8, 4) is 5.82 Å². The van der Waals surface area contributed by atoms with E-state index in [1.807, 2.05) is 18.4 Å². The summed E-state index contributed by atoms with van der Waals surface area (Å²) in [4.78, 5) is 13.6. The number of fused-ring (bicyclic) bond motifs is 1. The van der Waals surface area contributed by atoms with Crippen molar-refractivity contribution >= 4 is 19.5 Å². The topological polar surface area (TPSA) is 87.2 Å². The molecule has 3 aromatic rings. The number of aryl methyl sites for hydroxylation is 2. The van der Waals surface area contributed by atoms with E-state index < -0.39 is 14.4 Å². The minimum absolute atomic E-state index is 0.110. The van der Waals surface area contributed by atoms with E-state index in [1.165, 1.54) is 0 Å². The molecule has 0 amide bonds. The number of ether oxygens (including phenoxy) is 1. The van der Waals surface area contributed by atoms with Crippen molar-refractivity contribution in [3.63, 3.8) is 0 Å². The van der Waals surface area contributed by atoms with Crippen LogP contribution in [-0.2, 0) is 9.16 Å². The Kier molecular flexibility index (Phi) is 5.57. The molecular weight excluding hydrogens is 410 g/mol. The van der Waals surface area contributed by atoms with Crippen molar-refractivity contribution in [2.75, 3.05) is 6.61 Å². The molecule has 4 heterocycles. The molecular formula is C22H33N5O3Si. The maximum Gasteiger partial charge on any atom is 0.192 e. The summed E-state index contributed by atoms with van der Waals surface area (Å²) in [6, 6.07) is 4.12. The molecule has 1 N–H and O–H groups in total. The molecule has 0 aliphatic carbocycles. The summed E-state index contributed by atoms with van der Waals surface area (Å²) in [5, 5.41) is 10.8. The fourth-order valence-corrected chi connectivity index (χ4v) is 4.77. The molecule has 0 unspecified atom stereocenters. The number of hydrogen-bond acceptors (Lipinski definition) is 6. The van der Waals surface area contributed by atoms with Gasteiger partial charge in [-0.1, -0.05) is 20.8 Å². The molecule has 9 heteroatoms. The lowest BCUT2D eigenvalue weighted by molar-refractivity contribution is -0.0405. The summed E-state index contributed by atoms with van der Waals surface area (Å²) in [6.07, 6.45) is 2.44. The van der Waals surface area contributed by atoms with E-state index >= 15 is 0 Å². The number of aromatic nitrogens is 5. The van der Waals surface area contributed by atoms with Crippen LogP contribution < -0.4 is 0 Å². The molecule has 1 aliphatic rings. The van der Waals surface area contributed by atoms with Gasteiger partial charge in [0.15, 0.2) is 25.3 Å². The van der Waals surface area contributed by atoms with Crippen LogP contribution in [-0.4, -0.2) is 56.3 Å². The maximum atomic E-state index is 10.6. The Hall–Kier alpha value is -2.07. The average molecular weight is 444 g/mol. The predicted octanol–water partition coefficient (Wildman–Crippen LogP) is 3.90. The summed E-state index contributed by atoms with van der Waals surface area (Å²) >= 11 is 0. The Bertz CT molecular complexity index is 1070. The highest BCUT2D eigenvalue weighted by Crippen LogP contribution is 2.38. The summed E-state index contributed by atoms with van der Waals surface area (Å²) in [6.45, 7) is 15.5. The highest BCUT2D eigenvalue weighted by molar-refractivity contribution is 6.74. The number of rotatable bonds is 5. The minimum Gasteiger partial charge on any atom is -0.414 e. The van der Waals surface area contributed by atoms with Crippen LogP contribution in [0.1, 0.15) is 44.8 Å². The normalized spacial score (nSPS) is 22.5. The Labute approximate surface area is 184 Å². The molecule has 8 nitrogen and oxygen atoms in total. The maximum absolute atomic E-state index is 10.6. The molecule has 0 bridgehead atoms.